The zero-order valence-electron chi connectivity index (χ0n) is 14.1. The number of anilines is 1. The van der Waals surface area contributed by atoms with Crippen LogP contribution in [0, 0.1) is 5.41 Å². The molecule has 0 radical (unpaired) electrons. The molecule has 5 N–H and O–H groups in total. The maximum absolute atomic E-state index is 10.8. The maximum Gasteiger partial charge on any atom is 0.336 e. The second-order valence-corrected chi connectivity index (χ2v) is 7.57. The van der Waals surface area contributed by atoms with Crippen LogP contribution in [-0.2, 0) is 0 Å². The third-order valence-corrected chi connectivity index (χ3v) is 5.37. The molecular weight excluding hydrogens is 308 g/mol. The lowest BCUT2D eigenvalue weighted by molar-refractivity contribution is -0.203. The SMILES string of the molecule is CCC[C@H](C)Oc1nc(N)c2ncc(C(O)C34CC(N)(C3)C4)n2n1. The van der Waals surface area contributed by atoms with Crippen molar-refractivity contribution in [2.45, 2.75) is 63.7 Å². The smallest absolute Gasteiger partial charge is 0.336 e. The van der Waals surface area contributed by atoms with E-state index in [0.29, 0.717) is 11.3 Å². The van der Waals surface area contributed by atoms with Crippen LogP contribution in [0.15, 0.2) is 6.20 Å². The first kappa shape index (κ1) is 15.6. The fraction of sp³-hybridized carbons (Fsp3) is 0.688. The number of aromatic nitrogens is 4. The van der Waals surface area contributed by atoms with Crippen molar-refractivity contribution in [3.8, 4) is 6.01 Å². The van der Waals surface area contributed by atoms with Crippen molar-refractivity contribution in [2.24, 2.45) is 11.1 Å². The Morgan fingerprint density at radius 1 is 1.42 bits per heavy atom. The van der Waals surface area contributed by atoms with Crippen molar-refractivity contribution in [3.05, 3.63) is 11.9 Å². The molecule has 2 aromatic rings. The third kappa shape index (κ3) is 2.16. The molecule has 8 nitrogen and oxygen atoms in total. The summed E-state index contributed by atoms with van der Waals surface area (Å²) in [5, 5.41) is 15.2. The van der Waals surface area contributed by atoms with Gasteiger partial charge in [-0.15, -0.1) is 5.10 Å². The van der Waals surface area contributed by atoms with Crippen LogP contribution in [0.5, 0.6) is 6.01 Å². The highest BCUT2D eigenvalue weighted by atomic mass is 16.5. The average molecular weight is 332 g/mol. The first-order chi connectivity index (χ1) is 11.4. The molecule has 3 fully saturated rings. The summed E-state index contributed by atoms with van der Waals surface area (Å²) >= 11 is 0. The molecule has 3 saturated carbocycles. The summed E-state index contributed by atoms with van der Waals surface area (Å²) < 4.78 is 7.31. The van der Waals surface area contributed by atoms with Crippen molar-refractivity contribution in [1.29, 1.82) is 0 Å². The number of hydrogen-bond donors (Lipinski definition) is 3. The number of imidazole rings is 1. The standard InChI is InChI=1S/C16H24N6O2/c1-3-4-9(2)24-14-20-12(17)13-19-5-10(22(13)21-14)11(23)15-6-16(18,7-15)8-15/h5,9,11,23H,3-4,6-8,18H2,1-2H3,(H2,17,20,21)/t9-,11?,15?,16?/m0/s1. The van der Waals surface area contributed by atoms with Crippen LogP contribution in [0.2, 0.25) is 0 Å². The molecule has 2 bridgehead atoms. The quantitative estimate of drug-likeness (QED) is 0.725. The van der Waals surface area contributed by atoms with E-state index in [2.05, 4.69) is 22.0 Å². The Hall–Kier alpha value is -1.93. The lowest BCUT2D eigenvalue weighted by Gasteiger charge is -2.70. The van der Waals surface area contributed by atoms with Crippen molar-refractivity contribution >= 4 is 11.5 Å². The highest BCUT2D eigenvalue weighted by Crippen LogP contribution is 2.70. The van der Waals surface area contributed by atoms with Gasteiger partial charge in [0.2, 0.25) is 0 Å². The summed E-state index contributed by atoms with van der Waals surface area (Å²) in [6.45, 7) is 4.07. The molecule has 2 heterocycles. The Morgan fingerprint density at radius 3 is 2.75 bits per heavy atom. The molecule has 5 rings (SSSR count). The monoisotopic (exact) mass is 332 g/mol. The van der Waals surface area contributed by atoms with E-state index in [1.54, 1.807) is 10.7 Å². The number of fused-ring (bicyclic) bond motifs is 1. The van der Waals surface area contributed by atoms with Gasteiger partial charge in [0.15, 0.2) is 11.5 Å². The van der Waals surface area contributed by atoms with Crippen molar-refractivity contribution in [2.75, 3.05) is 5.73 Å². The number of rotatable bonds is 6. The minimum absolute atomic E-state index is 0.00143. The molecule has 3 aliphatic rings. The molecular formula is C16H24N6O2. The van der Waals surface area contributed by atoms with E-state index in [1.807, 2.05) is 6.92 Å². The average Bonchev–Trinajstić information content (AvgIpc) is 2.86. The van der Waals surface area contributed by atoms with Gasteiger partial charge in [0.1, 0.15) is 6.10 Å². The number of aliphatic hydroxyl groups is 1. The molecule has 0 spiro atoms. The Kier molecular flexibility index (Phi) is 3.27. The van der Waals surface area contributed by atoms with Crippen LogP contribution in [0.4, 0.5) is 5.82 Å². The van der Waals surface area contributed by atoms with Crippen LogP contribution in [-0.4, -0.2) is 36.3 Å². The molecule has 0 saturated heterocycles. The van der Waals surface area contributed by atoms with Gasteiger partial charge in [-0.05, 0) is 32.6 Å². The van der Waals surface area contributed by atoms with E-state index in [4.69, 9.17) is 16.2 Å². The van der Waals surface area contributed by atoms with E-state index in [1.165, 1.54) is 0 Å². The first-order valence-electron chi connectivity index (χ1n) is 8.51. The lowest BCUT2D eigenvalue weighted by Crippen LogP contribution is -2.73. The van der Waals surface area contributed by atoms with Gasteiger partial charge in [-0.2, -0.15) is 4.98 Å². The van der Waals surface area contributed by atoms with E-state index in [0.717, 1.165) is 32.1 Å². The number of aliphatic hydroxyl groups excluding tert-OH is 1. The van der Waals surface area contributed by atoms with Crippen LogP contribution in [0.3, 0.4) is 0 Å². The fourth-order valence-corrected chi connectivity index (χ4v) is 4.33. The van der Waals surface area contributed by atoms with Crippen LogP contribution >= 0.6 is 0 Å². The van der Waals surface area contributed by atoms with Crippen molar-refractivity contribution < 1.29 is 9.84 Å². The molecule has 1 unspecified atom stereocenters. The molecule has 0 aliphatic heterocycles. The van der Waals surface area contributed by atoms with E-state index >= 15 is 0 Å². The molecule has 0 amide bonds. The van der Waals surface area contributed by atoms with Gasteiger partial charge < -0.3 is 21.3 Å². The molecule has 3 aliphatic carbocycles. The van der Waals surface area contributed by atoms with Crippen LogP contribution < -0.4 is 16.2 Å². The number of nitrogens with two attached hydrogens (primary N) is 2. The maximum atomic E-state index is 10.8. The molecule has 2 atom stereocenters. The van der Waals surface area contributed by atoms with Gasteiger partial charge in [-0.1, -0.05) is 13.3 Å². The number of nitrogens with zero attached hydrogens (tertiary/aromatic N) is 4. The summed E-state index contributed by atoms with van der Waals surface area (Å²) in [5.74, 6) is 0.245. The predicted octanol–water partition coefficient (Wildman–Crippen LogP) is 1.19. The molecule has 130 valence electrons. The van der Waals surface area contributed by atoms with Gasteiger partial charge >= 0.3 is 6.01 Å². The summed E-state index contributed by atoms with van der Waals surface area (Å²) in [4.78, 5) is 8.44. The van der Waals surface area contributed by atoms with Gasteiger partial charge in [0.05, 0.1) is 18.0 Å². The summed E-state index contributed by atoms with van der Waals surface area (Å²) in [6.07, 6.45) is 5.39. The lowest BCUT2D eigenvalue weighted by atomic mass is 9.38. The second-order valence-electron chi connectivity index (χ2n) is 7.57. The summed E-state index contributed by atoms with van der Waals surface area (Å²) in [5.41, 5.74) is 12.9. The Morgan fingerprint density at radius 2 is 2.12 bits per heavy atom. The minimum atomic E-state index is -0.659. The second kappa shape index (κ2) is 5.03. The van der Waals surface area contributed by atoms with Crippen LogP contribution in [0.1, 0.15) is 57.7 Å². The van der Waals surface area contributed by atoms with Crippen LogP contribution in [0.25, 0.3) is 5.65 Å². The van der Waals surface area contributed by atoms with E-state index < -0.39 is 6.10 Å². The summed E-state index contributed by atoms with van der Waals surface area (Å²) in [7, 11) is 0. The fourth-order valence-electron chi connectivity index (χ4n) is 4.33. The molecule has 2 aromatic heterocycles. The Bertz CT molecular complexity index is 768. The van der Waals surface area contributed by atoms with Crippen molar-refractivity contribution in [1.82, 2.24) is 19.6 Å². The Balaban J connectivity index is 1.66. The minimum Gasteiger partial charge on any atom is -0.459 e. The van der Waals surface area contributed by atoms with Gasteiger partial charge in [-0.3, -0.25) is 0 Å². The highest BCUT2D eigenvalue weighted by Gasteiger charge is 2.69. The Labute approximate surface area is 140 Å². The zero-order chi connectivity index (χ0) is 17.1. The third-order valence-electron chi connectivity index (χ3n) is 5.37. The predicted molar refractivity (Wildman–Crippen MR) is 88.4 cm³/mol. The van der Waals surface area contributed by atoms with E-state index in [9.17, 15) is 5.11 Å². The number of hydrogen-bond acceptors (Lipinski definition) is 7. The first-order valence-corrected chi connectivity index (χ1v) is 8.51. The summed E-state index contributed by atoms with van der Waals surface area (Å²) in [6, 6.07) is 0.209. The largest absolute Gasteiger partial charge is 0.459 e. The van der Waals surface area contributed by atoms with Gasteiger partial charge in [-0.25, -0.2) is 9.50 Å². The van der Waals surface area contributed by atoms with E-state index in [-0.39, 0.29) is 28.9 Å². The zero-order valence-corrected chi connectivity index (χ0v) is 14.1. The number of nitrogen functional groups attached to an aromatic ring is 1. The number of ether oxygens (including phenoxy) is 1. The molecule has 0 aromatic carbocycles. The highest BCUT2D eigenvalue weighted by molar-refractivity contribution is 5.60. The topological polar surface area (TPSA) is 125 Å². The normalized spacial score (nSPS) is 30.5. The molecule has 24 heavy (non-hydrogen) atoms. The van der Waals surface area contributed by atoms with Gasteiger partial charge in [0, 0.05) is 11.0 Å². The van der Waals surface area contributed by atoms with Crippen molar-refractivity contribution in [3.63, 3.8) is 0 Å². The molecule has 8 heteroatoms. The van der Waals surface area contributed by atoms with Gasteiger partial charge in [0.25, 0.3) is 0 Å².